The van der Waals surface area contributed by atoms with Gasteiger partial charge in [0.2, 0.25) is 0 Å². The van der Waals surface area contributed by atoms with Gasteiger partial charge in [-0.25, -0.2) is 4.99 Å². The Morgan fingerprint density at radius 2 is 2.00 bits per heavy atom. The number of nitrogens with zero attached hydrogens (tertiary/aromatic N) is 2. The van der Waals surface area contributed by atoms with Crippen LogP contribution in [0.3, 0.4) is 0 Å². The van der Waals surface area contributed by atoms with Gasteiger partial charge < -0.3 is 4.90 Å². The lowest BCUT2D eigenvalue weighted by Gasteiger charge is -2.09. The lowest BCUT2D eigenvalue weighted by Crippen LogP contribution is -2.17. The summed E-state index contributed by atoms with van der Waals surface area (Å²) in [6.45, 7) is 5.30. The summed E-state index contributed by atoms with van der Waals surface area (Å²) in [6.07, 6.45) is 0. The maximum Gasteiger partial charge on any atom is 0.123 e. The van der Waals surface area contributed by atoms with Gasteiger partial charge in [-0.05, 0) is 6.92 Å². The van der Waals surface area contributed by atoms with Crippen molar-refractivity contribution in [3.63, 3.8) is 0 Å². The van der Waals surface area contributed by atoms with Gasteiger partial charge in [0.05, 0.1) is 0 Å². The fourth-order valence-corrected chi connectivity index (χ4v) is 0.398. The molecule has 0 saturated carbocycles. The van der Waals surface area contributed by atoms with Crippen molar-refractivity contribution in [2.24, 2.45) is 4.99 Å². The van der Waals surface area contributed by atoms with Crippen LogP contribution < -0.4 is 0 Å². The van der Waals surface area contributed by atoms with Gasteiger partial charge in [0.15, 0.2) is 0 Å². The molecule has 2 nitrogen and oxygen atoms in total. The lowest BCUT2D eigenvalue weighted by atomic mass is 10.6. The Bertz CT molecular complexity index is 138. The van der Waals surface area contributed by atoms with Crippen molar-refractivity contribution in [3.8, 4) is 0 Å². The Hall–Kier alpha value is -0.500. The molecular weight excluding hydrogens is 136 g/mol. The van der Waals surface area contributed by atoms with Crippen LogP contribution in [0.5, 0.6) is 0 Å². The second kappa shape index (κ2) is 3.51. The molecule has 0 N–H and O–H groups in total. The number of hydrogen-bond donors (Lipinski definition) is 0. The fraction of sp³-hybridized carbons (Fsp3) is 0.500. The Kier molecular flexibility index (Phi) is 3.32. The van der Waals surface area contributed by atoms with Crippen molar-refractivity contribution in [3.05, 3.63) is 11.7 Å². The van der Waals surface area contributed by atoms with Crippen molar-refractivity contribution < 1.29 is 0 Å². The van der Waals surface area contributed by atoms with Crippen molar-refractivity contribution in [2.45, 2.75) is 6.92 Å². The van der Waals surface area contributed by atoms with E-state index in [0.29, 0.717) is 5.16 Å². The van der Waals surface area contributed by atoms with E-state index < -0.39 is 0 Å². The zero-order valence-corrected chi connectivity index (χ0v) is 6.74. The summed E-state index contributed by atoms with van der Waals surface area (Å²) in [4.78, 5) is 5.76. The number of halogens is 1. The van der Waals surface area contributed by atoms with E-state index in [4.69, 9.17) is 11.6 Å². The zero-order chi connectivity index (χ0) is 7.44. The van der Waals surface area contributed by atoms with Gasteiger partial charge in [0.25, 0.3) is 0 Å². The molecule has 0 radical (unpaired) electrons. The highest BCUT2D eigenvalue weighted by molar-refractivity contribution is 6.29. The summed E-state index contributed by atoms with van der Waals surface area (Å²) < 4.78 is 0. The molecule has 3 heteroatoms. The average Bonchev–Trinajstić information content (AvgIpc) is 1.63. The standard InChI is InChI=1S/C6H11ClN2/c1-5(7)8-6(2)9(3)4/h1H2,2-4H3. The zero-order valence-electron chi connectivity index (χ0n) is 5.98. The minimum Gasteiger partial charge on any atom is -0.366 e. The third-order valence-electron chi connectivity index (χ3n) is 0.930. The highest BCUT2D eigenvalue weighted by Gasteiger charge is 1.90. The topological polar surface area (TPSA) is 15.6 Å². The molecule has 0 aliphatic carbocycles. The number of rotatable bonds is 1. The van der Waals surface area contributed by atoms with Gasteiger partial charge in [-0.15, -0.1) is 0 Å². The molecular formula is C6H11ClN2. The van der Waals surface area contributed by atoms with Crippen LogP contribution >= 0.6 is 11.6 Å². The van der Waals surface area contributed by atoms with Crippen LogP contribution in [0.4, 0.5) is 0 Å². The van der Waals surface area contributed by atoms with Gasteiger partial charge in [-0.2, -0.15) is 0 Å². The smallest absolute Gasteiger partial charge is 0.123 e. The number of amidine groups is 1. The minimum absolute atomic E-state index is 0.321. The van der Waals surface area contributed by atoms with E-state index in [1.165, 1.54) is 0 Å². The molecule has 0 saturated heterocycles. The molecule has 0 rings (SSSR count). The van der Waals surface area contributed by atoms with Crippen LogP contribution in [-0.4, -0.2) is 24.8 Å². The SMILES string of the molecule is C=C(Cl)N=C(C)N(C)C. The third kappa shape index (κ3) is 4.03. The van der Waals surface area contributed by atoms with E-state index in [0.717, 1.165) is 5.84 Å². The van der Waals surface area contributed by atoms with E-state index in [1.54, 1.807) is 0 Å². The molecule has 9 heavy (non-hydrogen) atoms. The maximum absolute atomic E-state index is 5.41. The molecule has 0 aromatic rings. The van der Waals surface area contributed by atoms with Crippen molar-refractivity contribution in [1.82, 2.24) is 4.90 Å². The average molecular weight is 147 g/mol. The molecule has 0 aliphatic rings. The molecule has 0 unspecified atom stereocenters. The lowest BCUT2D eigenvalue weighted by molar-refractivity contribution is 0.618. The van der Waals surface area contributed by atoms with Crippen LogP contribution in [0.25, 0.3) is 0 Å². The molecule has 0 amide bonds. The molecule has 0 fully saturated rings. The van der Waals surface area contributed by atoms with Crippen molar-refractivity contribution in [1.29, 1.82) is 0 Å². The minimum atomic E-state index is 0.321. The van der Waals surface area contributed by atoms with Crippen LogP contribution in [0.2, 0.25) is 0 Å². The highest BCUT2D eigenvalue weighted by atomic mass is 35.5. The second-order valence-corrected chi connectivity index (χ2v) is 2.37. The van der Waals surface area contributed by atoms with E-state index >= 15 is 0 Å². The second-order valence-electron chi connectivity index (χ2n) is 1.93. The van der Waals surface area contributed by atoms with Crippen molar-refractivity contribution in [2.75, 3.05) is 14.1 Å². The van der Waals surface area contributed by atoms with Crippen LogP contribution in [0, 0.1) is 0 Å². The van der Waals surface area contributed by atoms with E-state index in [-0.39, 0.29) is 0 Å². The Balaban J connectivity index is 4.00. The number of aliphatic imine (C=N–C) groups is 1. The molecule has 0 aromatic carbocycles. The van der Waals surface area contributed by atoms with E-state index in [2.05, 4.69) is 11.6 Å². The quantitative estimate of drug-likeness (QED) is 0.312. The molecule has 0 heterocycles. The summed E-state index contributed by atoms with van der Waals surface area (Å²) in [6, 6.07) is 0. The van der Waals surface area contributed by atoms with Gasteiger partial charge in [0, 0.05) is 14.1 Å². The van der Waals surface area contributed by atoms with Crippen LogP contribution in [0.1, 0.15) is 6.92 Å². The molecule has 0 aliphatic heterocycles. The highest BCUT2D eigenvalue weighted by Crippen LogP contribution is 1.98. The van der Waals surface area contributed by atoms with Crippen LogP contribution in [-0.2, 0) is 0 Å². The molecule has 52 valence electrons. The summed E-state index contributed by atoms with van der Waals surface area (Å²) in [7, 11) is 3.80. The van der Waals surface area contributed by atoms with Gasteiger partial charge >= 0.3 is 0 Å². The predicted molar refractivity (Wildman–Crippen MR) is 41.8 cm³/mol. The van der Waals surface area contributed by atoms with Crippen molar-refractivity contribution >= 4 is 17.4 Å². The van der Waals surface area contributed by atoms with Gasteiger partial charge in [-0.1, -0.05) is 18.2 Å². The predicted octanol–water partition coefficient (Wildman–Crippen LogP) is 1.68. The molecule has 0 bridgehead atoms. The summed E-state index contributed by atoms with van der Waals surface area (Å²) in [5.74, 6) is 0.856. The number of hydrogen-bond acceptors (Lipinski definition) is 1. The third-order valence-corrected chi connectivity index (χ3v) is 1.01. The Morgan fingerprint density at radius 1 is 1.56 bits per heavy atom. The summed E-state index contributed by atoms with van der Waals surface area (Å²) >= 11 is 5.41. The van der Waals surface area contributed by atoms with Gasteiger partial charge in [0.1, 0.15) is 11.0 Å². The molecule has 0 aromatic heterocycles. The maximum atomic E-state index is 5.41. The molecule has 0 spiro atoms. The first kappa shape index (κ1) is 8.50. The first-order chi connectivity index (χ1) is 4.04. The van der Waals surface area contributed by atoms with Gasteiger partial charge in [-0.3, -0.25) is 0 Å². The molecule has 0 atom stereocenters. The fourth-order valence-electron chi connectivity index (χ4n) is 0.276. The first-order valence-electron chi connectivity index (χ1n) is 2.61. The first-order valence-corrected chi connectivity index (χ1v) is 2.99. The monoisotopic (exact) mass is 146 g/mol. The van der Waals surface area contributed by atoms with E-state index in [1.807, 2.05) is 25.9 Å². The summed E-state index contributed by atoms with van der Waals surface area (Å²) in [5, 5.41) is 0.321. The summed E-state index contributed by atoms with van der Waals surface area (Å²) in [5.41, 5.74) is 0. The Labute approximate surface area is 60.8 Å². The van der Waals surface area contributed by atoms with Crippen LogP contribution in [0.15, 0.2) is 16.7 Å². The van der Waals surface area contributed by atoms with E-state index in [9.17, 15) is 0 Å². The Morgan fingerprint density at radius 3 is 2.11 bits per heavy atom. The largest absolute Gasteiger partial charge is 0.366 e. The normalized spacial score (nSPS) is 11.3.